The molecule has 0 fully saturated rings. The van der Waals surface area contributed by atoms with Crippen molar-refractivity contribution in [3.05, 3.63) is 12.1 Å². The molecule has 0 aromatic heterocycles. The number of allylic oxidation sites excluding steroid dienone is 1. The fourth-order valence-electron chi connectivity index (χ4n) is 0.447. The maximum absolute atomic E-state index is 2.98. The van der Waals surface area contributed by atoms with Crippen molar-refractivity contribution in [2.75, 3.05) is 0 Å². The summed E-state index contributed by atoms with van der Waals surface area (Å²) in [4.78, 5) is 0. The minimum Gasteiger partial charge on any atom is -0.128 e. The van der Waals surface area contributed by atoms with Gasteiger partial charge in [0.15, 0.2) is 0 Å². The highest BCUT2D eigenvalue weighted by Gasteiger charge is 1.69. The van der Waals surface area contributed by atoms with Crippen molar-refractivity contribution in [2.45, 2.75) is 19.8 Å². The third-order valence-corrected chi connectivity index (χ3v) is 0.848. The SMILES string of the molecule is B/C=C/CCC#CC. The van der Waals surface area contributed by atoms with E-state index in [1.54, 1.807) is 0 Å². The van der Waals surface area contributed by atoms with Gasteiger partial charge in [-0.05, 0) is 13.3 Å². The topological polar surface area (TPSA) is 0 Å². The summed E-state index contributed by atoms with van der Waals surface area (Å²) in [7, 11) is 2.03. The number of unbranched alkanes of at least 4 members (excludes halogenated alkanes) is 1. The molecule has 0 aromatic rings. The summed E-state index contributed by atoms with van der Waals surface area (Å²) < 4.78 is 0. The van der Waals surface area contributed by atoms with E-state index < -0.39 is 0 Å². The van der Waals surface area contributed by atoms with Crippen molar-refractivity contribution in [2.24, 2.45) is 0 Å². The predicted molar refractivity (Wildman–Crippen MR) is 40.4 cm³/mol. The Kier molecular flexibility index (Phi) is 5.86. The summed E-state index contributed by atoms with van der Waals surface area (Å²) in [6, 6.07) is 0. The molecule has 0 radical (unpaired) electrons. The van der Waals surface area contributed by atoms with Crippen LogP contribution in [-0.2, 0) is 0 Å². The van der Waals surface area contributed by atoms with Gasteiger partial charge in [0.2, 0.25) is 0 Å². The van der Waals surface area contributed by atoms with Crippen LogP contribution in [0, 0.1) is 11.8 Å². The molecule has 0 unspecified atom stereocenters. The van der Waals surface area contributed by atoms with E-state index in [0.717, 1.165) is 12.8 Å². The zero-order valence-electron chi connectivity index (χ0n) is 5.57. The molecule has 42 valence electrons. The zero-order chi connectivity index (χ0) is 6.24. The highest BCUT2D eigenvalue weighted by molar-refractivity contribution is 6.16. The average Bonchev–Trinajstić information content (AvgIpc) is 1.81. The first-order valence-corrected chi connectivity index (χ1v) is 2.92. The lowest BCUT2D eigenvalue weighted by Gasteiger charge is -1.78. The molecule has 0 aliphatic rings. The monoisotopic (exact) mass is 106 g/mol. The van der Waals surface area contributed by atoms with Crippen molar-refractivity contribution in [3.63, 3.8) is 0 Å². The van der Waals surface area contributed by atoms with Gasteiger partial charge in [0.1, 0.15) is 7.85 Å². The largest absolute Gasteiger partial charge is 0.129 e. The molecule has 0 atom stereocenters. The molecular formula is C7H11B. The van der Waals surface area contributed by atoms with Crippen LogP contribution >= 0.6 is 0 Å². The van der Waals surface area contributed by atoms with Crippen molar-refractivity contribution >= 4 is 7.85 Å². The Balaban J connectivity index is 3.01. The normalized spacial score (nSPS) is 8.62. The molecule has 0 rings (SSSR count). The maximum Gasteiger partial charge on any atom is 0.129 e. The molecule has 0 aromatic carbocycles. The molecule has 0 saturated heterocycles. The van der Waals surface area contributed by atoms with Gasteiger partial charge in [0.05, 0.1) is 0 Å². The smallest absolute Gasteiger partial charge is 0.128 e. The van der Waals surface area contributed by atoms with E-state index in [9.17, 15) is 0 Å². The summed E-state index contributed by atoms with van der Waals surface area (Å²) in [6.45, 7) is 1.87. The average molecular weight is 106 g/mol. The molecule has 0 bridgehead atoms. The summed E-state index contributed by atoms with van der Waals surface area (Å²) in [5, 5.41) is 0. The van der Waals surface area contributed by atoms with Gasteiger partial charge >= 0.3 is 0 Å². The van der Waals surface area contributed by atoms with Crippen molar-refractivity contribution in [3.8, 4) is 11.8 Å². The highest BCUT2D eigenvalue weighted by atomic mass is 13.7. The number of hydrogen-bond donors (Lipinski definition) is 0. The van der Waals surface area contributed by atoms with Gasteiger partial charge in [-0.25, -0.2) is 0 Å². The van der Waals surface area contributed by atoms with Gasteiger partial charge < -0.3 is 0 Å². The second kappa shape index (κ2) is 6.36. The zero-order valence-corrected chi connectivity index (χ0v) is 5.57. The van der Waals surface area contributed by atoms with Crippen molar-refractivity contribution < 1.29 is 0 Å². The van der Waals surface area contributed by atoms with E-state index in [1.807, 2.05) is 14.8 Å². The van der Waals surface area contributed by atoms with Crippen LogP contribution in [-0.4, -0.2) is 7.85 Å². The Hall–Kier alpha value is -0.635. The first-order valence-electron chi connectivity index (χ1n) is 2.92. The van der Waals surface area contributed by atoms with E-state index >= 15 is 0 Å². The van der Waals surface area contributed by atoms with Gasteiger partial charge in [0.25, 0.3) is 0 Å². The fourth-order valence-corrected chi connectivity index (χ4v) is 0.447. The Morgan fingerprint density at radius 3 is 2.88 bits per heavy atom. The third-order valence-electron chi connectivity index (χ3n) is 0.848. The lowest BCUT2D eigenvalue weighted by atomic mass is 10.1. The first kappa shape index (κ1) is 7.36. The van der Waals surface area contributed by atoms with Crippen LogP contribution in [0.5, 0.6) is 0 Å². The van der Waals surface area contributed by atoms with E-state index in [-0.39, 0.29) is 0 Å². The molecule has 0 nitrogen and oxygen atoms in total. The second-order valence-electron chi connectivity index (χ2n) is 1.53. The molecule has 0 aliphatic heterocycles. The van der Waals surface area contributed by atoms with Crippen LogP contribution in [0.15, 0.2) is 12.1 Å². The minimum atomic E-state index is 1.00. The number of hydrogen-bond acceptors (Lipinski definition) is 0. The second-order valence-corrected chi connectivity index (χ2v) is 1.53. The maximum atomic E-state index is 2.98. The van der Waals surface area contributed by atoms with Crippen LogP contribution in [0.3, 0.4) is 0 Å². The Labute approximate surface area is 52.4 Å². The van der Waals surface area contributed by atoms with Crippen molar-refractivity contribution in [1.82, 2.24) is 0 Å². The van der Waals surface area contributed by atoms with Crippen LogP contribution < -0.4 is 0 Å². The van der Waals surface area contributed by atoms with Crippen LogP contribution in [0.25, 0.3) is 0 Å². The van der Waals surface area contributed by atoms with E-state index in [1.165, 1.54) is 0 Å². The van der Waals surface area contributed by atoms with Crippen LogP contribution in [0.2, 0.25) is 0 Å². The molecule has 0 heterocycles. The molecule has 0 saturated carbocycles. The lowest BCUT2D eigenvalue weighted by molar-refractivity contribution is 1.09. The summed E-state index contributed by atoms with van der Waals surface area (Å²) in [6.07, 6.45) is 4.22. The highest BCUT2D eigenvalue weighted by Crippen LogP contribution is 1.85. The molecule has 0 N–H and O–H groups in total. The first-order chi connectivity index (χ1) is 3.91. The summed E-state index contributed by atoms with van der Waals surface area (Å²) in [5.41, 5.74) is 0. The minimum absolute atomic E-state index is 1.00. The van der Waals surface area contributed by atoms with Gasteiger partial charge in [-0.15, -0.1) is 17.8 Å². The van der Waals surface area contributed by atoms with Gasteiger partial charge in [-0.2, -0.15) is 0 Å². The molecule has 0 spiro atoms. The lowest BCUT2D eigenvalue weighted by Crippen LogP contribution is -1.63. The third kappa shape index (κ3) is 5.36. The van der Waals surface area contributed by atoms with Crippen molar-refractivity contribution in [1.29, 1.82) is 0 Å². The Bertz CT molecular complexity index is 114. The summed E-state index contributed by atoms with van der Waals surface area (Å²) >= 11 is 0. The molecule has 0 aliphatic carbocycles. The van der Waals surface area contributed by atoms with E-state index in [4.69, 9.17) is 0 Å². The molecule has 0 amide bonds. The van der Waals surface area contributed by atoms with Crippen LogP contribution in [0.4, 0.5) is 0 Å². The predicted octanol–water partition coefficient (Wildman–Crippen LogP) is 0.937. The van der Waals surface area contributed by atoms with Gasteiger partial charge in [-0.1, -0.05) is 6.08 Å². The van der Waals surface area contributed by atoms with Crippen LogP contribution in [0.1, 0.15) is 19.8 Å². The Morgan fingerprint density at radius 1 is 1.62 bits per heavy atom. The molecule has 8 heavy (non-hydrogen) atoms. The quantitative estimate of drug-likeness (QED) is 0.279. The Morgan fingerprint density at radius 2 is 2.38 bits per heavy atom. The molecule has 1 heteroatoms. The van der Waals surface area contributed by atoms with Gasteiger partial charge in [0, 0.05) is 6.42 Å². The fraction of sp³-hybridized carbons (Fsp3) is 0.429. The molecular weight excluding hydrogens is 94.9 g/mol. The van der Waals surface area contributed by atoms with E-state index in [0.29, 0.717) is 0 Å². The van der Waals surface area contributed by atoms with E-state index in [2.05, 4.69) is 23.9 Å². The number of rotatable bonds is 2. The summed E-state index contributed by atoms with van der Waals surface area (Å²) in [5.74, 6) is 7.88. The van der Waals surface area contributed by atoms with Gasteiger partial charge in [-0.3, -0.25) is 0 Å². The standard InChI is InChI=1S/C7H11B/c1-2-3-4-5-6-7-8/h6-7H,4-5,8H2,1H3/b7-6+.